The van der Waals surface area contributed by atoms with Gasteiger partial charge in [0, 0.05) is 144 Å². The highest BCUT2D eigenvalue weighted by molar-refractivity contribution is 6.08. The van der Waals surface area contributed by atoms with Crippen molar-refractivity contribution in [1.82, 2.24) is 72.8 Å². The van der Waals surface area contributed by atoms with Crippen LogP contribution >= 0.6 is 0 Å². The number of aryl methyl sites for hydroxylation is 7. The lowest BCUT2D eigenvalue weighted by atomic mass is 9.95. The molecule has 8 aromatic rings. The Morgan fingerprint density at radius 2 is 0.951 bits per heavy atom. The van der Waals surface area contributed by atoms with Crippen molar-refractivity contribution in [1.29, 1.82) is 0 Å². The molecule has 3 unspecified atom stereocenters. The number of ether oxygens (including phenoxy) is 1. The van der Waals surface area contributed by atoms with E-state index in [2.05, 4.69) is 73.4 Å². The Morgan fingerprint density at radius 1 is 0.490 bits per heavy atom. The van der Waals surface area contributed by atoms with Crippen LogP contribution in [0.3, 0.4) is 0 Å². The number of alkyl carbamates (subject to hydrolysis) is 1. The molecule has 2 bridgehead atoms. The molecular formula is C66H80N22O14. The lowest BCUT2D eigenvalue weighted by molar-refractivity contribution is -0.118. The summed E-state index contributed by atoms with van der Waals surface area (Å²) < 4.78 is 17.5. The molecule has 0 aliphatic heterocycles. The van der Waals surface area contributed by atoms with Gasteiger partial charge in [0.15, 0.2) is 17.5 Å². The Kier molecular flexibility index (Phi) is 21.5. The number of hydrogen-bond donors (Lipinski definition) is 12. The van der Waals surface area contributed by atoms with Crippen LogP contribution < -0.4 is 58.5 Å². The molecule has 11 amide bonds. The molecule has 0 saturated heterocycles. The van der Waals surface area contributed by atoms with E-state index in [1.807, 2.05) is 0 Å². The fourth-order valence-corrected chi connectivity index (χ4v) is 12.3. The van der Waals surface area contributed by atoms with Crippen LogP contribution in [0, 0.1) is 11.8 Å². The molecule has 4 atom stereocenters. The van der Waals surface area contributed by atoms with E-state index in [-0.39, 0.29) is 125 Å². The minimum Gasteiger partial charge on any atom is -0.477 e. The second kappa shape index (κ2) is 30.3. The monoisotopic (exact) mass is 1400 g/mol. The molecule has 8 aromatic heterocycles. The predicted molar refractivity (Wildman–Crippen MR) is 369 cm³/mol. The van der Waals surface area contributed by atoms with Gasteiger partial charge in [0.1, 0.15) is 40.1 Å². The van der Waals surface area contributed by atoms with E-state index in [1.54, 1.807) is 80.0 Å². The number of rotatable bonds is 27. The highest BCUT2D eigenvalue weighted by atomic mass is 16.6. The van der Waals surface area contributed by atoms with Crippen molar-refractivity contribution in [3.63, 3.8) is 0 Å². The van der Waals surface area contributed by atoms with Gasteiger partial charge in [-0.15, -0.1) is 0 Å². The van der Waals surface area contributed by atoms with E-state index >= 15 is 0 Å². The van der Waals surface area contributed by atoms with Crippen molar-refractivity contribution in [3.05, 3.63) is 132 Å². The number of nitrogens with one attached hydrogen (secondary N) is 11. The van der Waals surface area contributed by atoms with Crippen LogP contribution in [-0.2, 0) is 68.5 Å². The summed E-state index contributed by atoms with van der Waals surface area (Å²) >= 11 is 0. The average molecular weight is 1410 g/mol. The molecule has 36 nitrogen and oxygen atoms in total. The SMILES string of the molecule is Cn1cc(NC(=O)c2cc(NC(=O)CCNC(=O)c3cc(NC(=O)c4cc(NC(=O)[C@H](CCNC(=O)c5nc(NC(=O)c6cc(NC(=O)CCNC(=O)c7nc(NC(=O)c8nccn8C)cn7C)cn6C)cn5C5CC6CCC5C6)NC(=O)OC(C)(C)C)cn4C)cn3C)cn2C)cc1C(=O)O. The van der Waals surface area contributed by atoms with Crippen molar-refractivity contribution in [2.24, 2.45) is 61.2 Å². The Morgan fingerprint density at radius 3 is 1.45 bits per heavy atom. The molecule has 538 valence electrons. The van der Waals surface area contributed by atoms with Crippen molar-refractivity contribution >= 4 is 111 Å². The second-order valence-electron chi connectivity index (χ2n) is 26.1. The smallest absolute Gasteiger partial charge is 0.408 e. The topological polar surface area (TPSA) is 445 Å². The van der Waals surface area contributed by atoms with Gasteiger partial charge in [-0.3, -0.25) is 47.9 Å². The van der Waals surface area contributed by atoms with Crippen LogP contribution in [0.1, 0.15) is 156 Å². The maximum atomic E-state index is 14.3. The molecule has 36 heteroatoms. The van der Waals surface area contributed by atoms with E-state index in [1.165, 1.54) is 113 Å². The average Bonchev–Trinajstić information content (AvgIpc) is 1.62. The Balaban J connectivity index is 0.709. The highest BCUT2D eigenvalue weighted by Crippen LogP contribution is 2.51. The summed E-state index contributed by atoms with van der Waals surface area (Å²) in [5.74, 6) is -5.76. The van der Waals surface area contributed by atoms with Crippen LogP contribution in [0.15, 0.2) is 86.1 Å². The third-order valence-corrected chi connectivity index (χ3v) is 17.1. The summed E-state index contributed by atoms with van der Waals surface area (Å²) in [6.07, 6.45) is 16.1. The minimum absolute atomic E-state index is 0.00635. The fourth-order valence-electron chi connectivity index (χ4n) is 12.3. The zero-order chi connectivity index (χ0) is 73.6. The zero-order valence-electron chi connectivity index (χ0n) is 57.6. The molecule has 10 rings (SSSR count). The number of carboxylic acid groups (broad SMARTS) is 1. The molecule has 2 aliphatic carbocycles. The number of aromatic nitrogens is 11. The van der Waals surface area contributed by atoms with Crippen LogP contribution in [0.2, 0.25) is 0 Å². The quantitative estimate of drug-likeness (QED) is 0.0342. The van der Waals surface area contributed by atoms with E-state index in [4.69, 9.17) is 4.74 Å². The zero-order valence-corrected chi connectivity index (χ0v) is 57.6. The van der Waals surface area contributed by atoms with Crippen LogP contribution in [0.5, 0.6) is 0 Å². The first-order chi connectivity index (χ1) is 48.3. The number of anilines is 7. The van der Waals surface area contributed by atoms with Gasteiger partial charge < -0.3 is 105 Å². The fraction of sp³-hybridized carbons (Fsp3) is 0.379. The number of hydrogen-bond acceptors (Lipinski definition) is 16. The molecule has 0 spiro atoms. The molecule has 0 aromatic carbocycles. The van der Waals surface area contributed by atoms with Gasteiger partial charge in [0.25, 0.3) is 41.4 Å². The number of imidazole rings is 3. The highest BCUT2D eigenvalue weighted by Gasteiger charge is 2.42. The normalized spacial score (nSPS) is 14.8. The number of amides is 11. The maximum Gasteiger partial charge on any atom is 0.408 e. The largest absolute Gasteiger partial charge is 0.477 e. The van der Waals surface area contributed by atoms with Crippen LogP contribution in [0.4, 0.5) is 44.9 Å². The third kappa shape index (κ3) is 17.5. The summed E-state index contributed by atoms with van der Waals surface area (Å²) in [4.78, 5) is 171. The van der Waals surface area contributed by atoms with Gasteiger partial charge >= 0.3 is 12.1 Å². The summed E-state index contributed by atoms with van der Waals surface area (Å²) in [7, 11) is 11.1. The lowest BCUT2D eigenvalue weighted by Gasteiger charge is -2.25. The summed E-state index contributed by atoms with van der Waals surface area (Å²) in [5, 5.41) is 39.0. The molecular weight excluding hydrogens is 1320 g/mol. The van der Waals surface area contributed by atoms with E-state index in [0.29, 0.717) is 17.3 Å². The molecule has 2 saturated carbocycles. The van der Waals surface area contributed by atoms with Crippen molar-refractivity contribution < 1.29 is 67.4 Å². The predicted octanol–water partition coefficient (Wildman–Crippen LogP) is 4.28. The van der Waals surface area contributed by atoms with E-state index in [9.17, 15) is 62.6 Å². The van der Waals surface area contributed by atoms with Crippen LogP contribution in [0.25, 0.3) is 0 Å². The Hall–Kier alpha value is -12.5. The first-order valence-electron chi connectivity index (χ1n) is 32.5. The molecule has 102 heavy (non-hydrogen) atoms. The van der Waals surface area contributed by atoms with Gasteiger partial charge in [0.2, 0.25) is 29.4 Å². The number of nitrogens with zero attached hydrogens (tertiary/aromatic N) is 11. The lowest BCUT2D eigenvalue weighted by Crippen LogP contribution is -2.47. The van der Waals surface area contributed by atoms with Gasteiger partial charge in [-0.1, -0.05) is 6.42 Å². The summed E-state index contributed by atoms with van der Waals surface area (Å²) in [6, 6.07) is 5.67. The Bertz CT molecular complexity index is 4620. The molecule has 2 fully saturated rings. The first-order valence-corrected chi connectivity index (χ1v) is 32.5. The van der Waals surface area contributed by atoms with Gasteiger partial charge in [-0.2, -0.15) is 0 Å². The van der Waals surface area contributed by atoms with Crippen molar-refractivity contribution in [3.8, 4) is 0 Å². The molecule has 12 N–H and O–H groups in total. The van der Waals surface area contributed by atoms with Gasteiger partial charge in [-0.05, 0) is 88.6 Å². The Labute approximate surface area is 582 Å². The minimum atomic E-state index is -1.30. The maximum absolute atomic E-state index is 14.3. The summed E-state index contributed by atoms with van der Waals surface area (Å²) in [6.45, 7) is 4.65. The van der Waals surface area contributed by atoms with Crippen molar-refractivity contribution in [2.75, 3.05) is 56.9 Å². The molecule has 2 aliphatic rings. The van der Waals surface area contributed by atoms with Gasteiger partial charge in [-0.25, -0.2) is 24.5 Å². The number of carbonyl (C=O) groups excluding carboxylic acids is 11. The first kappa shape index (κ1) is 72.2. The molecule has 8 heterocycles. The summed E-state index contributed by atoms with van der Waals surface area (Å²) in [5.41, 5.74) is 0.875. The van der Waals surface area contributed by atoms with Crippen molar-refractivity contribution in [2.45, 2.75) is 83.4 Å². The van der Waals surface area contributed by atoms with Crippen LogP contribution in [-0.4, -0.2) is 159 Å². The number of carbonyl (C=O) groups is 12. The number of aromatic carboxylic acids is 1. The third-order valence-electron chi connectivity index (χ3n) is 17.1. The van der Waals surface area contributed by atoms with Gasteiger partial charge in [0.05, 0.1) is 28.4 Å². The number of carboxylic acids is 1. The number of fused-ring (bicyclic) bond motifs is 2. The van der Waals surface area contributed by atoms with E-state index < -0.39 is 82.8 Å². The van der Waals surface area contributed by atoms with E-state index in [0.717, 1.165) is 25.7 Å². The standard InChI is InChI=1S/C66H80N22O14/c1-66(2,3)102-65(101)76-42(56(91)73-39-26-46(85(8)30-39)59(94)74-40-25-44(82(5)31-40)57(92)68-17-14-51(89)71-37-23-45(83(6)28-37)58(93)75-41-27-48(64(99)100)86(9)32-41)13-16-69-62(97)55-78-50(34-88(55)43-22-35-11-12-36(43)21-35)79-60(95)47-24-38(29-84(47)7)72-52(90)15-18-70-61(96)54-77-49(33-87(54)10)80-63(98)53-67-19-20-81(53)4/h19-20,23-36,42-43H,11-18,21-22H2,1-10H3,(H,68,92)(H,69,97)(H,70,96)(H,71,89)(H,72,90)(H,73,91)(H,74,94)(H,75,93)(H,76,101)(H,79,95)(H,80,98)(H,99,100)/t35?,36?,42-,43?/m0/s1. The molecule has 0 radical (unpaired) electrons. The second-order valence-corrected chi connectivity index (χ2v) is 26.1.